The summed E-state index contributed by atoms with van der Waals surface area (Å²) in [7, 11) is 0. The van der Waals surface area contributed by atoms with Gasteiger partial charge in [-0.05, 0) is 32.8 Å². The molecule has 0 aromatic rings. The first-order valence-electron chi connectivity index (χ1n) is 6.41. The standard InChI is InChI=1S/C14H20O5/c1-10-4-3-5-13(16)19-11(2)6-7-12(15)8-9-14(17)18-10/h3,5,8-12,15H,4,6-7H2,1-2H3/b5-3+,9-8+/t10-,11+,12-/m1/s1. The third-order valence-electron chi connectivity index (χ3n) is 2.68. The van der Waals surface area contributed by atoms with E-state index in [0.717, 1.165) is 0 Å². The van der Waals surface area contributed by atoms with E-state index < -0.39 is 18.0 Å². The highest BCUT2D eigenvalue weighted by Gasteiger charge is 2.11. The maximum Gasteiger partial charge on any atom is 0.330 e. The maximum absolute atomic E-state index is 11.4. The second-order valence-corrected chi connectivity index (χ2v) is 4.64. The molecule has 1 aliphatic heterocycles. The van der Waals surface area contributed by atoms with Gasteiger partial charge in [0.25, 0.3) is 0 Å². The van der Waals surface area contributed by atoms with Crippen LogP contribution in [0.2, 0.25) is 0 Å². The molecular formula is C14H20O5. The average molecular weight is 268 g/mol. The van der Waals surface area contributed by atoms with E-state index >= 15 is 0 Å². The Bertz CT molecular complexity index is 372. The van der Waals surface area contributed by atoms with Gasteiger partial charge in [0.05, 0.1) is 12.2 Å². The van der Waals surface area contributed by atoms with Gasteiger partial charge in [0, 0.05) is 18.6 Å². The Kier molecular flexibility index (Phi) is 6.29. The largest absolute Gasteiger partial charge is 0.460 e. The van der Waals surface area contributed by atoms with Crippen molar-refractivity contribution in [3.05, 3.63) is 24.3 Å². The number of carbonyl (C=O) groups is 2. The van der Waals surface area contributed by atoms with Gasteiger partial charge in [-0.2, -0.15) is 0 Å². The van der Waals surface area contributed by atoms with Crippen molar-refractivity contribution in [2.45, 2.75) is 51.4 Å². The van der Waals surface area contributed by atoms with Crippen LogP contribution < -0.4 is 0 Å². The SMILES string of the molecule is C[C@@H]1C/C=C/C(=O)O[C@@H](C)CC[C@@H](O)/C=C/C(=O)O1. The van der Waals surface area contributed by atoms with Gasteiger partial charge in [-0.3, -0.25) is 0 Å². The van der Waals surface area contributed by atoms with Crippen LogP contribution in [-0.4, -0.2) is 35.4 Å². The molecule has 19 heavy (non-hydrogen) atoms. The topological polar surface area (TPSA) is 72.8 Å². The average Bonchev–Trinajstić information content (AvgIpc) is 2.32. The molecule has 3 atom stereocenters. The molecule has 0 aromatic heterocycles. The summed E-state index contributed by atoms with van der Waals surface area (Å²) in [6.45, 7) is 3.50. The fraction of sp³-hybridized carbons (Fsp3) is 0.571. The van der Waals surface area contributed by atoms with Crippen LogP contribution in [0.5, 0.6) is 0 Å². The van der Waals surface area contributed by atoms with Gasteiger partial charge in [0.1, 0.15) is 6.10 Å². The number of rotatable bonds is 0. The normalized spacial score (nSPS) is 33.7. The van der Waals surface area contributed by atoms with Crippen LogP contribution in [0.3, 0.4) is 0 Å². The summed E-state index contributed by atoms with van der Waals surface area (Å²) in [4.78, 5) is 22.8. The molecule has 1 rings (SSSR count). The van der Waals surface area contributed by atoms with E-state index in [1.54, 1.807) is 19.9 Å². The zero-order valence-electron chi connectivity index (χ0n) is 11.2. The van der Waals surface area contributed by atoms with Crippen molar-refractivity contribution in [2.24, 2.45) is 0 Å². The molecule has 0 aromatic carbocycles. The minimum atomic E-state index is -0.748. The van der Waals surface area contributed by atoms with E-state index in [1.807, 2.05) is 0 Å². The lowest BCUT2D eigenvalue weighted by atomic mass is 10.1. The summed E-state index contributed by atoms with van der Waals surface area (Å²) < 4.78 is 10.2. The molecular weight excluding hydrogens is 248 g/mol. The molecule has 0 saturated carbocycles. The minimum Gasteiger partial charge on any atom is -0.460 e. The number of hydrogen-bond donors (Lipinski definition) is 1. The Hall–Kier alpha value is -1.62. The highest BCUT2D eigenvalue weighted by atomic mass is 16.5. The zero-order chi connectivity index (χ0) is 14.3. The Morgan fingerprint density at radius 3 is 2.42 bits per heavy atom. The summed E-state index contributed by atoms with van der Waals surface area (Å²) in [6, 6.07) is 0. The van der Waals surface area contributed by atoms with E-state index in [1.165, 1.54) is 18.2 Å². The first-order valence-corrected chi connectivity index (χ1v) is 6.41. The second-order valence-electron chi connectivity index (χ2n) is 4.64. The number of aliphatic hydroxyl groups excluding tert-OH is 1. The third-order valence-corrected chi connectivity index (χ3v) is 2.68. The molecule has 0 radical (unpaired) electrons. The summed E-state index contributed by atoms with van der Waals surface area (Å²) in [5, 5.41) is 9.64. The fourth-order valence-electron chi connectivity index (χ4n) is 1.63. The lowest BCUT2D eigenvalue weighted by Gasteiger charge is -2.14. The Morgan fingerprint density at radius 1 is 1.05 bits per heavy atom. The van der Waals surface area contributed by atoms with E-state index in [9.17, 15) is 14.7 Å². The molecule has 0 fully saturated rings. The molecule has 0 amide bonds. The van der Waals surface area contributed by atoms with Gasteiger partial charge < -0.3 is 14.6 Å². The number of cyclic esters (lactones) is 2. The predicted molar refractivity (Wildman–Crippen MR) is 69.2 cm³/mol. The smallest absolute Gasteiger partial charge is 0.330 e. The van der Waals surface area contributed by atoms with Crippen LogP contribution in [0, 0.1) is 0 Å². The van der Waals surface area contributed by atoms with E-state index in [2.05, 4.69) is 0 Å². The van der Waals surface area contributed by atoms with Crippen molar-refractivity contribution in [3.63, 3.8) is 0 Å². The molecule has 5 nitrogen and oxygen atoms in total. The number of carbonyl (C=O) groups excluding carboxylic acids is 2. The van der Waals surface area contributed by atoms with Crippen molar-refractivity contribution < 1.29 is 24.2 Å². The van der Waals surface area contributed by atoms with Gasteiger partial charge in [-0.25, -0.2) is 9.59 Å². The molecule has 5 heteroatoms. The number of ether oxygens (including phenoxy) is 2. The molecule has 1 aliphatic rings. The van der Waals surface area contributed by atoms with Gasteiger partial charge in [0.2, 0.25) is 0 Å². The van der Waals surface area contributed by atoms with Crippen molar-refractivity contribution >= 4 is 11.9 Å². The summed E-state index contributed by atoms with van der Waals surface area (Å²) in [5.74, 6) is -0.916. The lowest BCUT2D eigenvalue weighted by Crippen LogP contribution is -2.17. The molecule has 0 saturated heterocycles. The van der Waals surface area contributed by atoms with E-state index in [4.69, 9.17) is 9.47 Å². The van der Waals surface area contributed by atoms with E-state index in [-0.39, 0.29) is 12.2 Å². The molecule has 0 bridgehead atoms. The minimum absolute atomic E-state index is 0.271. The second kappa shape index (κ2) is 7.74. The Labute approximate surface area is 112 Å². The van der Waals surface area contributed by atoms with Crippen LogP contribution in [0.4, 0.5) is 0 Å². The van der Waals surface area contributed by atoms with Crippen molar-refractivity contribution in [1.82, 2.24) is 0 Å². The Morgan fingerprint density at radius 2 is 1.68 bits per heavy atom. The highest BCUT2D eigenvalue weighted by molar-refractivity contribution is 5.82. The summed E-state index contributed by atoms with van der Waals surface area (Å²) in [6.07, 6.45) is 5.60. The van der Waals surface area contributed by atoms with Crippen LogP contribution in [0.15, 0.2) is 24.3 Å². The van der Waals surface area contributed by atoms with Crippen molar-refractivity contribution in [1.29, 1.82) is 0 Å². The first kappa shape index (κ1) is 15.4. The van der Waals surface area contributed by atoms with Crippen LogP contribution in [-0.2, 0) is 19.1 Å². The zero-order valence-corrected chi connectivity index (χ0v) is 11.2. The highest BCUT2D eigenvalue weighted by Crippen LogP contribution is 2.08. The quantitative estimate of drug-likeness (QED) is 0.674. The number of aliphatic hydroxyl groups is 1. The Balaban J connectivity index is 2.69. The van der Waals surface area contributed by atoms with Gasteiger partial charge in [0.15, 0.2) is 0 Å². The maximum atomic E-state index is 11.4. The van der Waals surface area contributed by atoms with Gasteiger partial charge in [-0.15, -0.1) is 0 Å². The summed E-state index contributed by atoms with van der Waals surface area (Å²) in [5.41, 5.74) is 0. The molecule has 0 aliphatic carbocycles. The fourth-order valence-corrected chi connectivity index (χ4v) is 1.63. The summed E-state index contributed by atoms with van der Waals surface area (Å²) >= 11 is 0. The predicted octanol–water partition coefficient (Wildman–Crippen LogP) is 1.51. The lowest BCUT2D eigenvalue weighted by molar-refractivity contribution is -0.142. The number of hydrogen-bond acceptors (Lipinski definition) is 5. The van der Waals surface area contributed by atoms with Crippen LogP contribution >= 0.6 is 0 Å². The van der Waals surface area contributed by atoms with Crippen LogP contribution in [0.25, 0.3) is 0 Å². The molecule has 0 spiro atoms. The first-order chi connectivity index (χ1) is 8.97. The molecule has 0 unspecified atom stereocenters. The van der Waals surface area contributed by atoms with Crippen LogP contribution in [0.1, 0.15) is 33.1 Å². The van der Waals surface area contributed by atoms with Gasteiger partial charge >= 0.3 is 11.9 Å². The van der Waals surface area contributed by atoms with E-state index in [0.29, 0.717) is 19.3 Å². The monoisotopic (exact) mass is 268 g/mol. The number of esters is 2. The third kappa shape index (κ3) is 6.76. The van der Waals surface area contributed by atoms with Crippen molar-refractivity contribution in [2.75, 3.05) is 0 Å². The molecule has 1 N–H and O–H groups in total. The van der Waals surface area contributed by atoms with Gasteiger partial charge in [-0.1, -0.05) is 6.08 Å². The van der Waals surface area contributed by atoms with Crippen molar-refractivity contribution in [3.8, 4) is 0 Å². The molecule has 106 valence electrons. The molecule has 1 heterocycles.